The summed E-state index contributed by atoms with van der Waals surface area (Å²) < 4.78 is 11.5. The number of allylic oxidation sites excluding steroid dienone is 4. The van der Waals surface area contributed by atoms with Gasteiger partial charge in [0, 0.05) is 11.8 Å². The molecule has 4 aliphatic carbocycles. The van der Waals surface area contributed by atoms with Gasteiger partial charge in [-0.05, 0) is 199 Å². The Hall–Kier alpha value is -3.36. The van der Waals surface area contributed by atoms with Gasteiger partial charge in [-0.1, -0.05) is 120 Å². The molecule has 2 aromatic rings. The molecule has 0 aliphatic heterocycles. The molecular weight excluding hydrogens is 717 g/mol. The summed E-state index contributed by atoms with van der Waals surface area (Å²) in [6, 6.07) is 17.6. The monoisotopic (exact) mass is 799 g/mol. The molecule has 4 saturated carbocycles. The molecule has 0 saturated heterocycles. The fraction of sp³-hybridized carbons (Fsp3) is 0.649. The predicted molar refractivity (Wildman–Crippen MR) is 253 cm³/mol. The van der Waals surface area contributed by atoms with Gasteiger partial charge < -0.3 is 9.47 Å². The average molecular weight is 799 g/mol. The molecule has 0 bridgehead atoms. The Morgan fingerprint density at radius 1 is 0.458 bits per heavy atom. The molecule has 0 N–H and O–H groups in total. The molecule has 2 nitrogen and oxygen atoms in total. The minimum atomic E-state index is 0.586. The summed E-state index contributed by atoms with van der Waals surface area (Å²) in [5, 5.41) is 0. The van der Waals surface area contributed by atoms with Gasteiger partial charge in [0.2, 0.25) is 0 Å². The van der Waals surface area contributed by atoms with Crippen molar-refractivity contribution in [2.45, 2.75) is 187 Å². The second-order valence-electron chi connectivity index (χ2n) is 18.7. The van der Waals surface area contributed by atoms with Crippen molar-refractivity contribution in [1.82, 2.24) is 0 Å². The lowest BCUT2D eigenvalue weighted by atomic mass is 9.79. The smallest absolute Gasteiger partial charge is 0.119 e. The van der Waals surface area contributed by atoms with E-state index in [9.17, 15) is 0 Å². The van der Waals surface area contributed by atoms with Gasteiger partial charge in [-0.2, -0.15) is 0 Å². The largest absolute Gasteiger partial charge is 0.494 e. The Labute approximate surface area is 363 Å². The highest BCUT2D eigenvalue weighted by atomic mass is 16.5. The van der Waals surface area contributed by atoms with E-state index in [1.807, 2.05) is 0 Å². The van der Waals surface area contributed by atoms with Gasteiger partial charge in [0.25, 0.3) is 0 Å². The molecule has 0 atom stereocenters. The van der Waals surface area contributed by atoms with E-state index in [0.717, 1.165) is 61.2 Å². The maximum Gasteiger partial charge on any atom is 0.119 e. The Morgan fingerprint density at radius 3 is 1.24 bits per heavy atom. The highest BCUT2D eigenvalue weighted by Crippen LogP contribution is 2.38. The predicted octanol–water partition coefficient (Wildman–Crippen LogP) is 16.2. The second-order valence-corrected chi connectivity index (χ2v) is 18.7. The Kier molecular flexibility index (Phi) is 21.8. The standard InChI is InChI=1S/C29H42O.C28H40O/c1-3-5-23-30-29-21-19-28(20-22-29)27-17-15-26(16-18-27)10-7-6-9-25-13-11-24(8-4-2)12-14-25;1-3-7-23-10-12-24(13-11-23)8-5-6-9-25-14-16-26(17-15-25)27-18-20-28(21-19-27)29-22-4-2/h6,9,19-22,24-27H,3-5,8,11-18,23H2,1-2H3;5,8,18-21,23-26H,3-4,7,10-17,22H2,1-2H3/t24-,25-,26-,27-;23-,24-,25-,26-. The van der Waals surface area contributed by atoms with Crippen molar-refractivity contribution in [3.8, 4) is 35.2 Å². The Balaban J connectivity index is 0.000000224. The summed E-state index contributed by atoms with van der Waals surface area (Å²) in [7, 11) is 0. The van der Waals surface area contributed by atoms with Crippen LogP contribution in [0.3, 0.4) is 0 Å². The molecule has 4 aliphatic rings. The molecule has 0 radical (unpaired) electrons. The van der Waals surface area contributed by atoms with E-state index in [2.05, 4.69) is 124 Å². The first-order valence-electron chi connectivity index (χ1n) is 24.9. The topological polar surface area (TPSA) is 18.5 Å². The zero-order valence-corrected chi connectivity index (χ0v) is 38.0. The van der Waals surface area contributed by atoms with Gasteiger partial charge in [-0.25, -0.2) is 0 Å². The molecule has 322 valence electrons. The summed E-state index contributed by atoms with van der Waals surface area (Å²) in [5.41, 5.74) is 2.95. The lowest BCUT2D eigenvalue weighted by molar-refractivity contribution is 0.294. The molecule has 0 heterocycles. The molecule has 0 spiro atoms. The van der Waals surface area contributed by atoms with E-state index in [1.54, 1.807) is 0 Å². The van der Waals surface area contributed by atoms with Crippen LogP contribution in [0.15, 0.2) is 72.8 Å². The first kappa shape index (κ1) is 46.7. The van der Waals surface area contributed by atoms with E-state index in [1.165, 1.54) is 146 Å². The highest BCUT2D eigenvalue weighted by molar-refractivity contribution is 5.31. The van der Waals surface area contributed by atoms with Crippen molar-refractivity contribution < 1.29 is 9.47 Å². The van der Waals surface area contributed by atoms with E-state index >= 15 is 0 Å². The van der Waals surface area contributed by atoms with Crippen molar-refractivity contribution in [2.24, 2.45) is 35.5 Å². The highest BCUT2D eigenvalue weighted by Gasteiger charge is 2.23. The van der Waals surface area contributed by atoms with Crippen molar-refractivity contribution in [2.75, 3.05) is 13.2 Å². The fourth-order valence-corrected chi connectivity index (χ4v) is 10.2. The summed E-state index contributed by atoms with van der Waals surface area (Å²) in [6.07, 6.45) is 39.2. The first-order valence-corrected chi connectivity index (χ1v) is 24.9. The zero-order chi connectivity index (χ0) is 41.3. The summed E-state index contributed by atoms with van der Waals surface area (Å²) >= 11 is 0. The van der Waals surface area contributed by atoms with Crippen molar-refractivity contribution in [3.63, 3.8) is 0 Å². The van der Waals surface area contributed by atoms with Crippen molar-refractivity contribution in [1.29, 1.82) is 0 Å². The summed E-state index contributed by atoms with van der Waals surface area (Å²) in [6.45, 7) is 10.6. The number of hydrogen-bond donors (Lipinski definition) is 0. The third-order valence-electron chi connectivity index (χ3n) is 14.1. The number of hydrogen-bond acceptors (Lipinski definition) is 2. The lowest BCUT2D eigenvalue weighted by Gasteiger charge is -2.26. The van der Waals surface area contributed by atoms with Crippen LogP contribution in [0.25, 0.3) is 0 Å². The van der Waals surface area contributed by atoms with Gasteiger partial charge in [0.15, 0.2) is 0 Å². The molecule has 0 aromatic heterocycles. The van der Waals surface area contributed by atoms with E-state index < -0.39 is 0 Å². The van der Waals surface area contributed by atoms with Crippen molar-refractivity contribution in [3.05, 3.63) is 84.0 Å². The SMILES string of the molecule is CCCCOc1ccc([C@H]2CC[C@H](C#CC=C[C@H]3CC[C@H](CCC)CC3)CC2)cc1.CCCOc1ccc([C@H]2CC[C@H](C#CC=C[C@H]3CC[C@H](CCC)CC3)CC2)cc1. The summed E-state index contributed by atoms with van der Waals surface area (Å²) in [4.78, 5) is 0. The second kappa shape index (κ2) is 27.5. The number of benzene rings is 2. The number of ether oxygens (including phenoxy) is 2. The molecule has 59 heavy (non-hydrogen) atoms. The quantitative estimate of drug-likeness (QED) is 0.132. The Morgan fingerprint density at radius 2 is 0.864 bits per heavy atom. The minimum Gasteiger partial charge on any atom is -0.494 e. The molecule has 4 fully saturated rings. The molecule has 2 heteroatoms. The number of unbranched alkanes of at least 4 members (excludes halogenated alkanes) is 1. The van der Waals surface area contributed by atoms with Gasteiger partial charge in [0.1, 0.15) is 11.5 Å². The Bertz CT molecular complexity index is 1580. The molecule has 0 unspecified atom stereocenters. The molecule has 2 aromatic carbocycles. The number of rotatable bonds is 15. The maximum atomic E-state index is 5.80. The summed E-state index contributed by atoms with van der Waals surface area (Å²) in [5.74, 6) is 21.9. The third kappa shape index (κ3) is 17.3. The van der Waals surface area contributed by atoms with Crippen LogP contribution in [-0.2, 0) is 0 Å². The van der Waals surface area contributed by atoms with Crippen LogP contribution in [0.2, 0.25) is 0 Å². The minimum absolute atomic E-state index is 0.586. The van der Waals surface area contributed by atoms with Gasteiger partial charge in [0.05, 0.1) is 13.2 Å². The molecule has 6 rings (SSSR count). The van der Waals surface area contributed by atoms with Gasteiger partial charge in [-0.3, -0.25) is 0 Å². The van der Waals surface area contributed by atoms with Crippen LogP contribution >= 0.6 is 0 Å². The van der Waals surface area contributed by atoms with E-state index in [4.69, 9.17) is 9.47 Å². The molecular formula is C57H82O2. The fourth-order valence-electron chi connectivity index (χ4n) is 10.2. The third-order valence-corrected chi connectivity index (χ3v) is 14.1. The lowest BCUT2D eigenvalue weighted by Crippen LogP contribution is -2.12. The van der Waals surface area contributed by atoms with Gasteiger partial charge >= 0.3 is 0 Å². The normalized spacial score (nSPS) is 27.1. The molecule has 0 amide bonds. The van der Waals surface area contributed by atoms with E-state index in [-0.39, 0.29) is 0 Å². The maximum absolute atomic E-state index is 5.80. The van der Waals surface area contributed by atoms with E-state index in [0.29, 0.717) is 23.7 Å². The van der Waals surface area contributed by atoms with Crippen LogP contribution in [0.4, 0.5) is 0 Å². The van der Waals surface area contributed by atoms with Crippen LogP contribution in [0, 0.1) is 59.2 Å². The average Bonchev–Trinajstić information content (AvgIpc) is 3.28. The van der Waals surface area contributed by atoms with Gasteiger partial charge in [-0.15, -0.1) is 0 Å². The zero-order valence-electron chi connectivity index (χ0n) is 38.0. The van der Waals surface area contributed by atoms with Crippen molar-refractivity contribution >= 4 is 0 Å². The van der Waals surface area contributed by atoms with Crippen LogP contribution in [0.5, 0.6) is 11.5 Å². The van der Waals surface area contributed by atoms with Crippen LogP contribution in [0.1, 0.15) is 198 Å². The van der Waals surface area contributed by atoms with Crippen LogP contribution < -0.4 is 9.47 Å². The van der Waals surface area contributed by atoms with Crippen LogP contribution in [-0.4, -0.2) is 13.2 Å². The first-order chi connectivity index (χ1) is 29.1.